The van der Waals surface area contributed by atoms with E-state index in [0.717, 1.165) is 12.0 Å². The van der Waals surface area contributed by atoms with Crippen LogP contribution in [0.5, 0.6) is 0 Å². The molecule has 1 heterocycles. The van der Waals surface area contributed by atoms with Crippen LogP contribution in [-0.4, -0.2) is 43.8 Å². The first-order chi connectivity index (χ1) is 14.5. The Hall–Kier alpha value is -2.71. The minimum absolute atomic E-state index is 0.0400. The standard InChI is InChI=1S/C23H29N3O4S/c1-23(2,3)25-31(29,30)20-11-7-10-19(15-20)24-22(28)18-14-21(27)26(16-18)13-12-17-8-5-4-6-9-17/h4-11,15,18,25H,12-14,16H2,1-3H3,(H,24,28). The van der Waals surface area contributed by atoms with Crippen molar-refractivity contribution in [2.75, 3.05) is 18.4 Å². The fraction of sp³-hybridized carbons (Fsp3) is 0.391. The van der Waals surface area contributed by atoms with Crippen LogP contribution in [0.15, 0.2) is 59.5 Å². The predicted molar refractivity (Wildman–Crippen MR) is 120 cm³/mol. The molecular formula is C23H29N3O4S. The van der Waals surface area contributed by atoms with E-state index in [2.05, 4.69) is 10.0 Å². The SMILES string of the molecule is CC(C)(C)NS(=O)(=O)c1cccc(NC(=O)C2CC(=O)N(CCc3ccccc3)C2)c1. The third-order valence-electron chi connectivity index (χ3n) is 4.95. The largest absolute Gasteiger partial charge is 0.342 e. The fourth-order valence-corrected chi connectivity index (χ4v) is 4.98. The minimum Gasteiger partial charge on any atom is -0.342 e. The lowest BCUT2D eigenvalue weighted by Gasteiger charge is -2.20. The van der Waals surface area contributed by atoms with Crippen LogP contribution in [0.3, 0.4) is 0 Å². The quantitative estimate of drug-likeness (QED) is 0.688. The van der Waals surface area contributed by atoms with E-state index in [4.69, 9.17) is 0 Å². The molecule has 1 atom stereocenters. The van der Waals surface area contributed by atoms with Crippen molar-refractivity contribution in [3.63, 3.8) is 0 Å². The summed E-state index contributed by atoms with van der Waals surface area (Å²) in [6, 6.07) is 16.0. The molecule has 0 spiro atoms. The van der Waals surface area contributed by atoms with Crippen LogP contribution in [-0.2, 0) is 26.0 Å². The number of nitrogens with one attached hydrogen (secondary N) is 2. The van der Waals surface area contributed by atoms with Crippen molar-refractivity contribution in [2.45, 2.75) is 44.0 Å². The van der Waals surface area contributed by atoms with Crippen molar-refractivity contribution in [3.05, 3.63) is 60.2 Å². The van der Waals surface area contributed by atoms with Crippen LogP contribution in [0.4, 0.5) is 5.69 Å². The molecule has 166 valence electrons. The Morgan fingerprint density at radius 3 is 2.48 bits per heavy atom. The highest BCUT2D eigenvalue weighted by atomic mass is 32.2. The highest BCUT2D eigenvalue weighted by Gasteiger charge is 2.34. The Morgan fingerprint density at radius 1 is 1.10 bits per heavy atom. The van der Waals surface area contributed by atoms with E-state index in [-0.39, 0.29) is 23.1 Å². The molecular weight excluding hydrogens is 414 g/mol. The van der Waals surface area contributed by atoms with Gasteiger partial charge in [0.1, 0.15) is 0 Å². The van der Waals surface area contributed by atoms with Gasteiger partial charge >= 0.3 is 0 Å². The molecule has 31 heavy (non-hydrogen) atoms. The van der Waals surface area contributed by atoms with Crippen molar-refractivity contribution < 1.29 is 18.0 Å². The summed E-state index contributed by atoms with van der Waals surface area (Å²) in [6.45, 7) is 6.21. The zero-order valence-electron chi connectivity index (χ0n) is 18.1. The Kier molecular flexibility index (Phi) is 6.81. The van der Waals surface area contributed by atoms with Gasteiger partial charge in [0.2, 0.25) is 21.8 Å². The number of amides is 2. The van der Waals surface area contributed by atoms with Crippen LogP contribution in [0, 0.1) is 5.92 Å². The molecule has 1 fully saturated rings. The maximum atomic E-state index is 12.7. The summed E-state index contributed by atoms with van der Waals surface area (Å²) >= 11 is 0. The van der Waals surface area contributed by atoms with Crippen molar-refractivity contribution in [1.29, 1.82) is 0 Å². The zero-order chi connectivity index (χ0) is 22.6. The molecule has 8 heteroatoms. The summed E-state index contributed by atoms with van der Waals surface area (Å²) in [5.74, 6) is -0.785. The van der Waals surface area contributed by atoms with E-state index < -0.39 is 21.5 Å². The van der Waals surface area contributed by atoms with Gasteiger partial charge < -0.3 is 10.2 Å². The third-order valence-corrected chi connectivity index (χ3v) is 6.71. The Balaban J connectivity index is 1.61. The van der Waals surface area contributed by atoms with Gasteiger partial charge in [-0.2, -0.15) is 0 Å². The van der Waals surface area contributed by atoms with Gasteiger partial charge in [-0.25, -0.2) is 13.1 Å². The van der Waals surface area contributed by atoms with Gasteiger partial charge in [-0.15, -0.1) is 0 Å². The third kappa shape index (κ3) is 6.38. The van der Waals surface area contributed by atoms with Crippen molar-refractivity contribution in [3.8, 4) is 0 Å². The number of hydrogen-bond acceptors (Lipinski definition) is 4. The lowest BCUT2D eigenvalue weighted by Crippen LogP contribution is -2.40. The number of benzene rings is 2. The summed E-state index contributed by atoms with van der Waals surface area (Å²) in [5, 5.41) is 2.76. The molecule has 1 unspecified atom stereocenters. The van der Waals surface area contributed by atoms with E-state index in [0.29, 0.717) is 18.8 Å². The van der Waals surface area contributed by atoms with E-state index in [1.807, 2.05) is 30.3 Å². The molecule has 0 bridgehead atoms. The number of anilines is 1. The van der Waals surface area contributed by atoms with E-state index in [1.165, 1.54) is 12.1 Å². The van der Waals surface area contributed by atoms with Crippen LogP contribution in [0.25, 0.3) is 0 Å². The average Bonchev–Trinajstić information content (AvgIpc) is 3.06. The van der Waals surface area contributed by atoms with E-state index in [1.54, 1.807) is 37.8 Å². The van der Waals surface area contributed by atoms with Gasteiger partial charge in [0.15, 0.2) is 0 Å². The summed E-state index contributed by atoms with van der Waals surface area (Å²) in [4.78, 5) is 26.8. The second-order valence-electron chi connectivity index (χ2n) is 8.85. The maximum Gasteiger partial charge on any atom is 0.241 e. The molecule has 2 N–H and O–H groups in total. The second kappa shape index (κ2) is 9.20. The number of rotatable bonds is 7. The topological polar surface area (TPSA) is 95.6 Å². The number of likely N-dealkylation sites (tertiary alicyclic amines) is 1. The fourth-order valence-electron chi connectivity index (χ4n) is 3.52. The zero-order valence-corrected chi connectivity index (χ0v) is 18.9. The van der Waals surface area contributed by atoms with Crippen molar-refractivity contribution in [2.24, 2.45) is 5.92 Å². The van der Waals surface area contributed by atoms with E-state index in [9.17, 15) is 18.0 Å². The van der Waals surface area contributed by atoms with Crippen LogP contribution < -0.4 is 10.0 Å². The first kappa shape index (κ1) is 23.0. The molecule has 2 aromatic carbocycles. The Labute approximate surface area is 183 Å². The van der Waals surface area contributed by atoms with Crippen LogP contribution in [0.2, 0.25) is 0 Å². The lowest BCUT2D eigenvalue weighted by atomic mass is 10.1. The lowest BCUT2D eigenvalue weighted by molar-refractivity contribution is -0.128. The molecule has 1 saturated heterocycles. The highest BCUT2D eigenvalue weighted by molar-refractivity contribution is 7.89. The normalized spacial score (nSPS) is 17.1. The number of carbonyl (C=O) groups is 2. The first-order valence-corrected chi connectivity index (χ1v) is 11.8. The molecule has 0 aliphatic carbocycles. The molecule has 3 rings (SSSR count). The minimum atomic E-state index is -3.71. The van der Waals surface area contributed by atoms with Crippen LogP contribution >= 0.6 is 0 Å². The number of carbonyl (C=O) groups excluding carboxylic acids is 2. The number of hydrogen-bond donors (Lipinski definition) is 2. The molecule has 0 aromatic heterocycles. The molecule has 2 amide bonds. The van der Waals surface area contributed by atoms with Gasteiger partial charge in [0.25, 0.3) is 0 Å². The Morgan fingerprint density at radius 2 is 1.81 bits per heavy atom. The number of nitrogens with zero attached hydrogens (tertiary/aromatic N) is 1. The van der Waals surface area contributed by atoms with Gasteiger partial charge in [0.05, 0.1) is 10.8 Å². The second-order valence-corrected chi connectivity index (χ2v) is 10.5. The maximum absolute atomic E-state index is 12.7. The molecule has 0 saturated carbocycles. The van der Waals surface area contributed by atoms with Crippen molar-refractivity contribution in [1.82, 2.24) is 9.62 Å². The smallest absolute Gasteiger partial charge is 0.241 e. The summed E-state index contributed by atoms with van der Waals surface area (Å²) in [5.41, 5.74) is 0.910. The summed E-state index contributed by atoms with van der Waals surface area (Å²) in [6.07, 6.45) is 0.895. The molecule has 2 aromatic rings. The number of sulfonamides is 1. The average molecular weight is 444 g/mol. The van der Waals surface area contributed by atoms with Crippen molar-refractivity contribution >= 4 is 27.5 Å². The van der Waals surface area contributed by atoms with Gasteiger partial charge in [-0.1, -0.05) is 36.4 Å². The van der Waals surface area contributed by atoms with E-state index >= 15 is 0 Å². The monoisotopic (exact) mass is 443 g/mol. The summed E-state index contributed by atoms with van der Waals surface area (Å²) in [7, 11) is -3.71. The highest BCUT2D eigenvalue weighted by Crippen LogP contribution is 2.22. The molecule has 1 aliphatic heterocycles. The predicted octanol–water partition coefficient (Wildman–Crippen LogP) is 2.79. The molecule has 1 aliphatic rings. The molecule has 7 nitrogen and oxygen atoms in total. The van der Waals surface area contributed by atoms with Crippen LogP contribution in [0.1, 0.15) is 32.8 Å². The van der Waals surface area contributed by atoms with Gasteiger partial charge in [-0.05, 0) is 51.0 Å². The summed E-state index contributed by atoms with van der Waals surface area (Å²) < 4.78 is 27.7. The Bertz CT molecular complexity index is 1050. The first-order valence-electron chi connectivity index (χ1n) is 10.3. The van der Waals surface area contributed by atoms with Gasteiger partial charge in [-0.3, -0.25) is 9.59 Å². The van der Waals surface area contributed by atoms with Gasteiger partial charge in [0, 0.05) is 30.7 Å². The molecule has 0 radical (unpaired) electrons.